The second-order valence-electron chi connectivity index (χ2n) is 5.85. The van der Waals surface area contributed by atoms with Gasteiger partial charge in [0.05, 0.1) is 6.20 Å². The maximum Gasteiger partial charge on any atom is 0.249 e. The van der Waals surface area contributed by atoms with Gasteiger partial charge >= 0.3 is 0 Å². The van der Waals surface area contributed by atoms with Crippen molar-refractivity contribution in [3.63, 3.8) is 0 Å². The van der Waals surface area contributed by atoms with Gasteiger partial charge in [0.2, 0.25) is 5.95 Å². The summed E-state index contributed by atoms with van der Waals surface area (Å²) in [6.07, 6.45) is 1.68. The number of hydrogen-bond acceptors (Lipinski definition) is 5. The number of aryl methyl sites for hydroxylation is 1. The third kappa shape index (κ3) is 3.68. The first-order valence-corrected chi connectivity index (χ1v) is 7.91. The van der Waals surface area contributed by atoms with Gasteiger partial charge in [-0.2, -0.15) is 10.1 Å². The fourth-order valence-corrected chi connectivity index (χ4v) is 2.48. The molecule has 5 heteroatoms. The third-order valence-corrected chi connectivity index (χ3v) is 4.05. The van der Waals surface area contributed by atoms with Crippen LogP contribution in [0.5, 0.6) is 0 Å². The van der Waals surface area contributed by atoms with Crippen molar-refractivity contribution in [3.05, 3.63) is 71.4 Å². The van der Waals surface area contributed by atoms with Crippen LogP contribution in [0.1, 0.15) is 16.7 Å². The van der Waals surface area contributed by atoms with E-state index in [2.05, 4.69) is 57.4 Å². The fraction of sp³-hybridized carbons (Fsp3) is 0.211. The summed E-state index contributed by atoms with van der Waals surface area (Å²) in [6, 6.07) is 16.4. The lowest BCUT2D eigenvalue weighted by Gasteiger charge is -2.18. The number of aromatic nitrogens is 3. The monoisotopic (exact) mass is 319 g/mol. The number of nitrogens with one attached hydrogen (secondary N) is 1. The van der Waals surface area contributed by atoms with Gasteiger partial charge < -0.3 is 10.2 Å². The van der Waals surface area contributed by atoms with Crippen LogP contribution in [0.3, 0.4) is 0 Å². The van der Waals surface area contributed by atoms with Crippen molar-refractivity contribution in [3.8, 4) is 0 Å². The van der Waals surface area contributed by atoms with E-state index in [0.29, 0.717) is 5.95 Å². The van der Waals surface area contributed by atoms with E-state index in [0.717, 1.165) is 18.1 Å². The molecule has 0 saturated carbocycles. The lowest BCUT2D eigenvalue weighted by Crippen LogP contribution is -2.18. The Morgan fingerprint density at radius 1 is 1.00 bits per heavy atom. The lowest BCUT2D eigenvalue weighted by molar-refractivity contribution is 0.866. The molecule has 0 bridgehead atoms. The van der Waals surface area contributed by atoms with Gasteiger partial charge in [-0.15, -0.1) is 5.10 Å². The smallest absolute Gasteiger partial charge is 0.249 e. The molecule has 1 N–H and O–H groups in total. The first kappa shape index (κ1) is 15.9. The molecule has 122 valence electrons. The quantitative estimate of drug-likeness (QED) is 0.773. The number of anilines is 3. The minimum atomic E-state index is 0.501. The molecular formula is C19H21N5. The summed E-state index contributed by atoms with van der Waals surface area (Å²) >= 11 is 0. The highest BCUT2D eigenvalue weighted by atomic mass is 15.3. The van der Waals surface area contributed by atoms with Crippen molar-refractivity contribution in [2.75, 3.05) is 17.3 Å². The molecule has 5 nitrogen and oxygen atoms in total. The maximum absolute atomic E-state index is 4.58. The van der Waals surface area contributed by atoms with Crippen LogP contribution < -0.4 is 10.2 Å². The van der Waals surface area contributed by atoms with E-state index in [1.807, 2.05) is 37.4 Å². The number of benzene rings is 2. The maximum atomic E-state index is 4.58. The van der Waals surface area contributed by atoms with E-state index in [-0.39, 0.29) is 0 Å². The molecular weight excluding hydrogens is 298 g/mol. The zero-order valence-electron chi connectivity index (χ0n) is 14.2. The highest BCUT2D eigenvalue weighted by Gasteiger charge is 2.08. The van der Waals surface area contributed by atoms with E-state index in [9.17, 15) is 0 Å². The Hall–Kier alpha value is -2.95. The first-order chi connectivity index (χ1) is 11.6. The van der Waals surface area contributed by atoms with Gasteiger partial charge in [0.25, 0.3) is 0 Å². The summed E-state index contributed by atoms with van der Waals surface area (Å²) in [7, 11) is 2.00. The molecule has 0 aliphatic carbocycles. The minimum absolute atomic E-state index is 0.501. The van der Waals surface area contributed by atoms with Crippen LogP contribution in [-0.2, 0) is 6.54 Å². The van der Waals surface area contributed by atoms with Gasteiger partial charge in [-0.3, -0.25) is 0 Å². The van der Waals surface area contributed by atoms with E-state index in [4.69, 9.17) is 0 Å². The largest absolute Gasteiger partial charge is 0.354 e. The van der Waals surface area contributed by atoms with Crippen molar-refractivity contribution in [2.24, 2.45) is 0 Å². The summed E-state index contributed by atoms with van der Waals surface area (Å²) in [4.78, 5) is 6.63. The molecule has 0 fully saturated rings. The van der Waals surface area contributed by atoms with Gasteiger partial charge in [0.15, 0.2) is 5.82 Å². The summed E-state index contributed by atoms with van der Waals surface area (Å²) in [6.45, 7) is 4.93. The van der Waals surface area contributed by atoms with Crippen molar-refractivity contribution >= 4 is 17.5 Å². The molecule has 0 radical (unpaired) electrons. The zero-order valence-corrected chi connectivity index (χ0v) is 14.2. The van der Waals surface area contributed by atoms with Crippen LogP contribution in [0, 0.1) is 13.8 Å². The average molecular weight is 319 g/mol. The van der Waals surface area contributed by atoms with E-state index in [1.54, 1.807) is 6.20 Å². The Labute approximate surface area is 142 Å². The molecule has 0 amide bonds. The third-order valence-electron chi connectivity index (χ3n) is 4.05. The van der Waals surface area contributed by atoms with Crippen molar-refractivity contribution in [1.82, 2.24) is 15.2 Å². The Kier molecular flexibility index (Phi) is 4.70. The number of hydrogen-bond donors (Lipinski definition) is 1. The SMILES string of the molecule is Cc1cccc(Nc2nncc(N(C)Cc3ccccc3)n2)c1C. The van der Waals surface area contributed by atoms with Crippen LogP contribution in [-0.4, -0.2) is 22.2 Å². The Bertz CT molecular complexity index is 817. The van der Waals surface area contributed by atoms with Crippen molar-refractivity contribution < 1.29 is 0 Å². The molecule has 1 aromatic heterocycles. The second-order valence-corrected chi connectivity index (χ2v) is 5.85. The van der Waals surface area contributed by atoms with Crippen LogP contribution in [0.2, 0.25) is 0 Å². The molecule has 0 saturated heterocycles. The molecule has 1 heterocycles. The van der Waals surface area contributed by atoms with Crippen LogP contribution in [0.25, 0.3) is 0 Å². The molecule has 0 unspecified atom stereocenters. The Morgan fingerprint density at radius 3 is 2.58 bits per heavy atom. The Morgan fingerprint density at radius 2 is 1.79 bits per heavy atom. The molecule has 3 aromatic rings. The van der Waals surface area contributed by atoms with Crippen LogP contribution in [0.4, 0.5) is 17.5 Å². The number of rotatable bonds is 5. The predicted octanol–water partition coefficient (Wildman–Crippen LogP) is 3.87. The predicted molar refractivity (Wildman–Crippen MR) is 97.6 cm³/mol. The minimum Gasteiger partial charge on any atom is -0.354 e. The average Bonchev–Trinajstić information content (AvgIpc) is 2.60. The number of nitrogens with zero attached hydrogens (tertiary/aromatic N) is 4. The first-order valence-electron chi connectivity index (χ1n) is 7.91. The normalized spacial score (nSPS) is 10.5. The standard InChI is InChI=1S/C19H21N5/c1-14-8-7-11-17(15(14)2)21-19-22-18(12-20-23-19)24(3)13-16-9-5-4-6-10-16/h4-12H,13H2,1-3H3,(H,21,22,23). The van der Waals surface area contributed by atoms with Gasteiger partial charge in [0.1, 0.15) is 0 Å². The van der Waals surface area contributed by atoms with Crippen molar-refractivity contribution in [2.45, 2.75) is 20.4 Å². The molecule has 0 aliphatic rings. The molecule has 2 aromatic carbocycles. The molecule has 24 heavy (non-hydrogen) atoms. The molecule has 0 spiro atoms. The summed E-state index contributed by atoms with van der Waals surface area (Å²) < 4.78 is 0. The lowest BCUT2D eigenvalue weighted by atomic mass is 10.1. The molecule has 3 rings (SSSR count). The highest BCUT2D eigenvalue weighted by molar-refractivity contribution is 5.60. The van der Waals surface area contributed by atoms with E-state index < -0.39 is 0 Å². The van der Waals surface area contributed by atoms with Gasteiger partial charge in [0, 0.05) is 19.3 Å². The fourth-order valence-electron chi connectivity index (χ4n) is 2.48. The van der Waals surface area contributed by atoms with Gasteiger partial charge in [-0.25, -0.2) is 0 Å². The topological polar surface area (TPSA) is 53.9 Å². The van der Waals surface area contributed by atoms with Crippen LogP contribution in [0.15, 0.2) is 54.7 Å². The second kappa shape index (κ2) is 7.08. The summed E-state index contributed by atoms with van der Waals surface area (Å²) in [5.74, 6) is 1.28. The Balaban J connectivity index is 1.77. The highest BCUT2D eigenvalue weighted by Crippen LogP contribution is 2.21. The molecule has 0 aliphatic heterocycles. The summed E-state index contributed by atoms with van der Waals surface area (Å²) in [5.41, 5.74) is 4.64. The van der Waals surface area contributed by atoms with Crippen LogP contribution >= 0.6 is 0 Å². The van der Waals surface area contributed by atoms with E-state index >= 15 is 0 Å². The summed E-state index contributed by atoms with van der Waals surface area (Å²) in [5, 5.41) is 11.4. The zero-order chi connectivity index (χ0) is 16.9. The molecule has 0 atom stereocenters. The van der Waals surface area contributed by atoms with E-state index in [1.165, 1.54) is 16.7 Å². The van der Waals surface area contributed by atoms with Crippen molar-refractivity contribution in [1.29, 1.82) is 0 Å². The van der Waals surface area contributed by atoms with Gasteiger partial charge in [-0.1, -0.05) is 42.5 Å². The van der Waals surface area contributed by atoms with Gasteiger partial charge in [-0.05, 0) is 36.6 Å².